The number of rotatable bonds is 6. The van der Waals surface area contributed by atoms with Gasteiger partial charge in [-0.1, -0.05) is 6.92 Å². The van der Waals surface area contributed by atoms with Crippen molar-refractivity contribution >= 4 is 0 Å². The summed E-state index contributed by atoms with van der Waals surface area (Å²) in [7, 11) is 1.68. The fourth-order valence-corrected chi connectivity index (χ4v) is 1.14. The summed E-state index contributed by atoms with van der Waals surface area (Å²) >= 11 is 0. The van der Waals surface area contributed by atoms with Crippen molar-refractivity contribution in [1.82, 2.24) is 20.3 Å². The number of nitrogens with zero attached hydrogens (tertiary/aromatic N) is 3. The van der Waals surface area contributed by atoms with Crippen molar-refractivity contribution in [2.24, 2.45) is 0 Å². The molecule has 0 radical (unpaired) electrons. The lowest BCUT2D eigenvalue weighted by atomic mass is 10.1. The average Bonchev–Trinajstić information content (AvgIpc) is 2.68. The second-order valence-electron chi connectivity index (χ2n) is 3.89. The largest absolute Gasteiger partial charge is 0.372 e. The van der Waals surface area contributed by atoms with Gasteiger partial charge in [0, 0.05) is 13.7 Å². The summed E-state index contributed by atoms with van der Waals surface area (Å²) in [6, 6.07) is 0. The molecule has 0 spiro atoms. The second kappa shape index (κ2) is 5.23. The monoisotopic (exact) mass is 212 g/mol. The zero-order valence-corrected chi connectivity index (χ0v) is 9.95. The quantitative estimate of drug-likeness (QED) is 0.708. The van der Waals surface area contributed by atoms with Crippen LogP contribution < -0.4 is 5.32 Å². The van der Waals surface area contributed by atoms with E-state index in [9.17, 15) is 0 Å². The summed E-state index contributed by atoms with van der Waals surface area (Å²) in [6.07, 6.45) is 1.76. The first-order valence-corrected chi connectivity index (χ1v) is 5.26. The number of aromatic nitrogens is 3. The Labute approximate surface area is 90.8 Å². The van der Waals surface area contributed by atoms with E-state index < -0.39 is 0 Å². The van der Waals surface area contributed by atoms with Crippen LogP contribution in [0, 0.1) is 0 Å². The summed E-state index contributed by atoms with van der Waals surface area (Å²) in [5, 5.41) is 11.8. The van der Waals surface area contributed by atoms with Gasteiger partial charge in [0.15, 0.2) is 0 Å². The Kier molecular flexibility index (Phi) is 4.23. The number of likely N-dealkylation sites (N-methyl/N-ethyl adjacent to an activating group) is 1. The summed E-state index contributed by atoms with van der Waals surface area (Å²) < 4.78 is 5.33. The van der Waals surface area contributed by atoms with E-state index in [0.29, 0.717) is 0 Å². The van der Waals surface area contributed by atoms with E-state index in [-0.39, 0.29) is 5.60 Å². The minimum absolute atomic E-state index is 0.365. The predicted octanol–water partition coefficient (Wildman–Crippen LogP) is 0.769. The fraction of sp³-hybridized carbons (Fsp3) is 0.800. The molecule has 1 N–H and O–H groups in total. The van der Waals surface area contributed by atoms with E-state index >= 15 is 0 Å². The Balaban J connectivity index is 2.56. The number of methoxy groups -OCH3 is 1. The van der Waals surface area contributed by atoms with Crippen molar-refractivity contribution < 1.29 is 4.74 Å². The van der Waals surface area contributed by atoms with Crippen molar-refractivity contribution in [2.45, 2.75) is 32.9 Å². The maximum Gasteiger partial charge on any atom is 0.114 e. The van der Waals surface area contributed by atoms with Crippen LogP contribution in [0.1, 0.15) is 26.5 Å². The molecule has 1 aromatic heterocycles. The molecule has 0 aliphatic carbocycles. The van der Waals surface area contributed by atoms with Crippen LogP contribution in [0.15, 0.2) is 6.20 Å². The van der Waals surface area contributed by atoms with Crippen molar-refractivity contribution in [3.8, 4) is 0 Å². The third kappa shape index (κ3) is 3.28. The van der Waals surface area contributed by atoms with Gasteiger partial charge < -0.3 is 10.1 Å². The first-order chi connectivity index (χ1) is 7.10. The maximum atomic E-state index is 5.33. The van der Waals surface area contributed by atoms with Gasteiger partial charge in [-0.15, -0.1) is 0 Å². The molecule has 0 saturated heterocycles. The van der Waals surface area contributed by atoms with E-state index in [0.717, 1.165) is 25.3 Å². The molecule has 0 saturated carbocycles. The highest BCUT2D eigenvalue weighted by Crippen LogP contribution is 2.20. The van der Waals surface area contributed by atoms with Gasteiger partial charge in [0.25, 0.3) is 0 Å². The second-order valence-corrected chi connectivity index (χ2v) is 3.89. The van der Waals surface area contributed by atoms with Gasteiger partial charge in [-0.2, -0.15) is 15.0 Å². The standard InChI is InChI=1S/C10H20N4O/c1-5-11-6-7-14-12-8-9(13-14)10(2,3)15-4/h8,11H,5-7H2,1-4H3. The lowest BCUT2D eigenvalue weighted by Gasteiger charge is -2.19. The number of hydrogen-bond acceptors (Lipinski definition) is 4. The topological polar surface area (TPSA) is 52.0 Å². The first kappa shape index (κ1) is 12.1. The van der Waals surface area contributed by atoms with Crippen molar-refractivity contribution in [3.63, 3.8) is 0 Å². The molecule has 86 valence electrons. The molecule has 1 rings (SSSR count). The predicted molar refractivity (Wildman–Crippen MR) is 58.6 cm³/mol. The Morgan fingerprint density at radius 3 is 2.87 bits per heavy atom. The molecule has 0 fully saturated rings. The molecular formula is C10H20N4O. The minimum Gasteiger partial charge on any atom is -0.372 e. The highest BCUT2D eigenvalue weighted by molar-refractivity contribution is 5.02. The van der Waals surface area contributed by atoms with Gasteiger partial charge >= 0.3 is 0 Å². The van der Waals surface area contributed by atoms with E-state index in [2.05, 4.69) is 22.4 Å². The molecule has 0 amide bonds. The SMILES string of the molecule is CCNCCn1ncc(C(C)(C)OC)n1. The van der Waals surface area contributed by atoms with Crippen LogP contribution in [-0.2, 0) is 16.9 Å². The van der Waals surface area contributed by atoms with Gasteiger partial charge in [-0.05, 0) is 20.4 Å². The van der Waals surface area contributed by atoms with E-state index in [4.69, 9.17) is 4.74 Å². The molecule has 0 aliphatic heterocycles. The van der Waals surface area contributed by atoms with Crippen LogP contribution in [0.4, 0.5) is 0 Å². The van der Waals surface area contributed by atoms with Crippen LogP contribution in [0.5, 0.6) is 0 Å². The van der Waals surface area contributed by atoms with E-state index in [1.54, 1.807) is 18.1 Å². The molecule has 0 unspecified atom stereocenters. The van der Waals surface area contributed by atoms with Gasteiger partial charge in [-0.3, -0.25) is 0 Å². The summed E-state index contributed by atoms with van der Waals surface area (Å²) in [5.41, 5.74) is 0.498. The van der Waals surface area contributed by atoms with E-state index in [1.807, 2.05) is 13.8 Å². The molecule has 0 aliphatic rings. The van der Waals surface area contributed by atoms with Gasteiger partial charge in [0.2, 0.25) is 0 Å². The Bertz CT molecular complexity index is 295. The average molecular weight is 212 g/mol. The van der Waals surface area contributed by atoms with Gasteiger partial charge in [0.05, 0.1) is 12.7 Å². The highest BCUT2D eigenvalue weighted by Gasteiger charge is 2.23. The minimum atomic E-state index is -0.365. The van der Waals surface area contributed by atoms with Crippen LogP contribution in [0.2, 0.25) is 0 Å². The molecule has 1 heterocycles. The van der Waals surface area contributed by atoms with Gasteiger partial charge in [-0.25, -0.2) is 0 Å². The van der Waals surface area contributed by atoms with Crippen molar-refractivity contribution in [2.75, 3.05) is 20.2 Å². The Morgan fingerprint density at radius 1 is 1.53 bits per heavy atom. The smallest absolute Gasteiger partial charge is 0.114 e. The zero-order chi connectivity index (χ0) is 11.3. The Morgan fingerprint density at radius 2 is 2.27 bits per heavy atom. The number of nitrogens with one attached hydrogen (secondary N) is 1. The lowest BCUT2D eigenvalue weighted by Crippen LogP contribution is -2.22. The fourth-order valence-electron chi connectivity index (χ4n) is 1.14. The number of ether oxygens (including phenoxy) is 1. The first-order valence-electron chi connectivity index (χ1n) is 5.26. The summed E-state index contributed by atoms with van der Waals surface area (Å²) in [4.78, 5) is 1.69. The Hall–Kier alpha value is -0.940. The molecule has 0 aromatic carbocycles. The number of hydrogen-bond donors (Lipinski definition) is 1. The zero-order valence-electron chi connectivity index (χ0n) is 9.95. The molecule has 1 aromatic rings. The third-order valence-corrected chi connectivity index (χ3v) is 2.40. The summed E-state index contributed by atoms with van der Waals surface area (Å²) in [5.74, 6) is 0. The molecule has 0 atom stereocenters. The highest BCUT2D eigenvalue weighted by atomic mass is 16.5. The van der Waals surface area contributed by atoms with Crippen molar-refractivity contribution in [1.29, 1.82) is 0 Å². The van der Waals surface area contributed by atoms with Crippen molar-refractivity contribution in [3.05, 3.63) is 11.9 Å². The molecule has 0 bridgehead atoms. The maximum absolute atomic E-state index is 5.33. The molecule has 5 nitrogen and oxygen atoms in total. The summed E-state index contributed by atoms with van der Waals surface area (Å²) in [6.45, 7) is 8.68. The third-order valence-electron chi connectivity index (χ3n) is 2.40. The molecule has 5 heteroatoms. The van der Waals surface area contributed by atoms with Crippen LogP contribution in [0.3, 0.4) is 0 Å². The normalized spacial score (nSPS) is 12.0. The van der Waals surface area contributed by atoms with Crippen LogP contribution in [-0.4, -0.2) is 35.2 Å². The van der Waals surface area contributed by atoms with Gasteiger partial charge in [0.1, 0.15) is 11.3 Å². The van der Waals surface area contributed by atoms with Crippen LogP contribution in [0.25, 0.3) is 0 Å². The van der Waals surface area contributed by atoms with Crippen LogP contribution >= 0.6 is 0 Å². The molecule has 15 heavy (non-hydrogen) atoms. The lowest BCUT2D eigenvalue weighted by molar-refractivity contribution is 0.0149. The van der Waals surface area contributed by atoms with E-state index in [1.165, 1.54) is 0 Å². The molecular weight excluding hydrogens is 192 g/mol.